The highest BCUT2D eigenvalue weighted by molar-refractivity contribution is 9.12. The predicted molar refractivity (Wildman–Crippen MR) is 74.5 cm³/mol. The molecule has 0 unspecified atom stereocenters. The Labute approximate surface area is 105 Å². The summed E-state index contributed by atoms with van der Waals surface area (Å²) in [5.41, 5.74) is 8.39. The molecule has 2 N–H and O–H groups in total. The van der Waals surface area contributed by atoms with Crippen molar-refractivity contribution in [3.63, 3.8) is 0 Å². The minimum absolute atomic E-state index is 0.531. The summed E-state index contributed by atoms with van der Waals surface area (Å²) in [6.07, 6.45) is 3.66. The molecule has 0 fully saturated rings. The average molecular weight is 279 g/mol. The first-order valence-corrected chi connectivity index (χ1v) is 5.81. The van der Waals surface area contributed by atoms with E-state index in [0.29, 0.717) is 6.54 Å². The lowest BCUT2D eigenvalue weighted by Crippen LogP contribution is -1.96. The Bertz CT molecular complexity index is 433. The zero-order valence-electron chi connectivity index (χ0n) is 9.28. The molecular weight excluding hydrogens is 264 g/mol. The van der Waals surface area contributed by atoms with Gasteiger partial charge in [-0.15, -0.1) is 0 Å². The molecule has 0 aliphatic rings. The van der Waals surface area contributed by atoms with Gasteiger partial charge in [-0.25, -0.2) is 0 Å². The van der Waals surface area contributed by atoms with Gasteiger partial charge in [0.2, 0.25) is 0 Å². The molecule has 1 aromatic carbocycles. The van der Waals surface area contributed by atoms with E-state index < -0.39 is 0 Å². The molecule has 0 radical (unpaired) electrons. The van der Waals surface area contributed by atoms with E-state index in [1.54, 1.807) is 6.21 Å². The normalized spacial score (nSPS) is 12.1. The Morgan fingerprint density at radius 1 is 1.56 bits per heavy atom. The van der Waals surface area contributed by atoms with Crippen LogP contribution in [0, 0.1) is 0 Å². The molecule has 0 saturated heterocycles. The van der Waals surface area contributed by atoms with E-state index in [0.717, 1.165) is 21.3 Å². The van der Waals surface area contributed by atoms with Gasteiger partial charge in [-0.1, -0.05) is 30.9 Å². The first-order valence-electron chi connectivity index (χ1n) is 5.01. The largest absolute Gasteiger partial charge is 0.326 e. The van der Waals surface area contributed by atoms with E-state index >= 15 is 0 Å². The number of nitrogens with two attached hydrogens (primary N) is 1. The highest BCUT2D eigenvalue weighted by Crippen LogP contribution is 2.15. The average Bonchev–Trinajstić information content (AvgIpc) is 2.35. The van der Waals surface area contributed by atoms with Crippen LogP contribution in [0.15, 0.2) is 46.4 Å². The van der Waals surface area contributed by atoms with Crippen LogP contribution in [-0.2, 0) is 6.54 Å². The van der Waals surface area contributed by atoms with Gasteiger partial charge in [0.1, 0.15) is 0 Å². The number of aliphatic imine (C=N–C) groups is 1. The maximum absolute atomic E-state index is 5.58. The highest BCUT2D eigenvalue weighted by Gasteiger charge is 1.97. The van der Waals surface area contributed by atoms with Gasteiger partial charge in [0, 0.05) is 17.2 Å². The smallest absolute Gasteiger partial charge is 0.0630 e. The maximum Gasteiger partial charge on any atom is 0.0630 e. The van der Waals surface area contributed by atoms with Gasteiger partial charge in [-0.05, 0) is 40.0 Å². The fourth-order valence-electron chi connectivity index (χ4n) is 1.17. The van der Waals surface area contributed by atoms with Crippen molar-refractivity contribution in [2.24, 2.45) is 10.7 Å². The minimum Gasteiger partial charge on any atom is -0.326 e. The Morgan fingerprint density at radius 2 is 2.31 bits per heavy atom. The first-order chi connectivity index (χ1) is 7.67. The van der Waals surface area contributed by atoms with Crippen LogP contribution in [0.4, 0.5) is 0 Å². The molecule has 0 atom stereocenters. The van der Waals surface area contributed by atoms with Gasteiger partial charge in [-0.2, -0.15) is 0 Å². The van der Waals surface area contributed by atoms with Crippen LogP contribution in [-0.4, -0.2) is 6.21 Å². The fourth-order valence-corrected chi connectivity index (χ4v) is 1.27. The van der Waals surface area contributed by atoms with Crippen molar-refractivity contribution < 1.29 is 0 Å². The number of hydrogen-bond donors (Lipinski definition) is 1. The zero-order chi connectivity index (χ0) is 12.0. The lowest BCUT2D eigenvalue weighted by Gasteiger charge is -2.02. The number of rotatable bonds is 4. The molecular formula is C13H15BrN2. The van der Waals surface area contributed by atoms with Gasteiger partial charge >= 0.3 is 0 Å². The summed E-state index contributed by atoms with van der Waals surface area (Å²) in [6, 6.07) is 7.93. The molecule has 0 aliphatic carbocycles. The molecule has 0 bridgehead atoms. The number of benzene rings is 1. The fraction of sp³-hybridized carbons (Fsp3) is 0.154. The number of hydrogen-bond acceptors (Lipinski definition) is 2. The van der Waals surface area contributed by atoms with Crippen molar-refractivity contribution >= 4 is 27.8 Å². The summed E-state index contributed by atoms with van der Waals surface area (Å²) in [5.74, 6) is 0. The standard InChI is InChI=1S/C13H15BrN2/c1-3-13(14)9-16-10(2)12-6-4-5-11(7-12)8-15/h3-7,9H,2,8,15H2,1H3/b13-3+,16-9?. The lowest BCUT2D eigenvalue weighted by atomic mass is 10.1. The topological polar surface area (TPSA) is 38.4 Å². The molecule has 0 saturated carbocycles. The lowest BCUT2D eigenvalue weighted by molar-refractivity contribution is 1.07. The highest BCUT2D eigenvalue weighted by atomic mass is 79.9. The number of allylic oxidation sites excluding steroid dienone is 2. The molecule has 0 amide bonds. The van der Waals surface area contributed by atoms with Gasteiger partial charge in [0.05, 0.1) is 5.70 Å². The van der Waals surface area contributed by atoms with Gasteiger partial charge in [0.15, 0.2) is 0 Å². The van der Waals surface area contributed by atoms with Gasteiger partial charge < -0.3 is 5.73 Å². The van der Waals surface area contributed by atoms with Crippen LogP contribution < -0.4 is 5.73 Å². The van der Waals surface area contributed by atoms with E-state index in [1.165, 1.54) is 0 Å². The van der Waals surface area contributed by atoms with Crippen LogP contribution in [0.3, 0.4) is 0 Å². The molecule has 3 heteroatoms. The predicted octanol–water partition coefficient (Wildman–Crippen LogP) is 3.49. The first kappa shape index (κ1) is 12.9. The molecule has 2 nitrogen and oxygen atoms in total. The monoisotopic (exact) mass is 278 g/mol. The Morgan fingerprint density at radius 3 is 2.94 bits per heavy atom. The molecule has 1 rings (SSSR count). The van der Waals surface area contributed by atoms with Crippen LogP contribution >= 0.6 is 15.9 Å². The van der Waals surface area contributed by atoms with E-state index in [4.69, 9.17) is 5.73 Å². The second kappa shape index (κ2) is 6.40. The SMILES string of the molecule is C=C(N=C/C(Br)=C\C)c1cccc(CN)c1. The molecule has 16 heavy (non-hydrogen) atoms. The Hall–Kier alpha value is -1.19. The Balaban J connectivity index is 2.84. The molecule has 0 spiro atoms. The van der Waals surface area contributed by atoms with Crippen molar-refractivity contribution in [2.45, 2.75) is 13.5 Å². The van der Waals surface area contributed by atoms with Crippen molar-refractivity contribution in [3.8, 4) is 0 Å². The van der Waals surface area contributed by atoms with Gasteiger partial charge in [0.25, 0.3) is 0 Å². The molecule has 1 aromatic rings. The summed E-state index contributed by atoms with van der Waals surface area (Å²) >= 11 is 3.36. The third kappa shape index (κ3) is 3.76. The number of nitrogens with zero attached hydrogens (tertiary/aromatic N) is 1. The van der Waals surface area contributed by atoms with E-state index in [2.05, 4.69) is 27.5 Å². The quantitative estimate of drug-likeness (QED) is 0.842. The summed E-state index contributed by atoms with van der Waals surface area (Å²) in [7, 11) is 0. The number of halogens is 1. The zero-order valence-corrected chi connectivity index (χ0v) is 10.9. The van der Waals surface area contributed by atoms with E-state index in [9.17, 15) is 0 Å². The van der Waals surface area contributed by atoms with Crippen LogP contribution in [0.5, 0.6) is 0 Å². The van der Waals surface area contributed by atoms with Crippen LogP contribution in [0.2, 0.25) is 0 Å². The van der Waals surface area contributed by atoms with Crippen molar-refractivity contribution in [2.75, 3.05) is 0 Å². The van der Waals surface area contributed by atoms with E-state index in [-0.39, 0.29) is 0 Å². The van der Waals surface area contributed by atoms with E-state index in [1.807, 2.05) is 37.3 Å². The van der Waals surface area contributed by atoms with Crippen molar-refractivity contribution in [1.29, 1.82) is 0 Å². The maximum atomic E-state index is 5.58. The summed E-state index contributed by atoms with van der Waals surface area (Å²) < 4.78 is 0.934. The second-order valence-electron chi connectivity index (χ2n) is 3.28. The van der Waals surface area contributed by atoms with Crippen molar-refractivity contribution in [1.82, 2.24) is 0 Å². The Kier molecular flexibility index (Phi) is 5.15. The third-order valence-electron chi connectivity index (χ3n) is 2.12. The second-order valence-corrected chi connectivity index (χ2v) is 4.20. The summed E-state index contributed by atoms with van der Waals surface area (Å²) in [4.78, 5) is 4.27. The van der Waals surface area contributed by atoms with Crippen LogP contribution in [0.25, 0.3) is 5.70 Å². The van der Waals surface area contributed by atoms with Gasteiger partial charge in [-0.3, -0.25) is 4.99 Å². The summed E-state index contributed by atoms with van der Waals surface area (Å²) in [6.45, 7) is 6.39. The molecule has 0 aliphatic heterocycles. The molecule has 0 heterocycles. The minimum atomic E-state index is 0.531. The third-order valence-corrected chi connectivity index (χ3v) is 2.78. The van der Waals surface area contributed by atoms with Crippen LogP contribution in [0.1, 0.15) is 18.1 Å². The summed E-state index contributed by atoms with van der Waals surface area (Å²) in [5, 5.41) is 0. The molecule has 0 aromatic heterocycles. The molecule has 84 valence electrons. The van der Waals surface area contributed by atoms with Crippen molar-refractivity contribution in [3.05, 3.63) is 52.5 Å².